The van der Waals surface area contributed by atoms with Crippen LogP contribution in [0.4, 0.5) is 0 Å². The number of rotatable bonds is 8. The summed E-state index contributed by atoms with van der Waals surface area (Å²) in [6.07, 6.45) is 1.11. The van der Waals surface area contributed by atoms with Gasteiger partial charge in [-0.25, -0.2) is 0 Å². The molecule has 0 saturated carbocycles. The Bertz CT molecular complexity index is 4290. The number of hydrogen-bond acceptors (Lipinski definition) is 2. The van der Waals surface area contributed by atoms with Crippen molar-refractivity contribution in [1.29, 1.82) is 0 Å². The quantitative estimate of drug-likeness (QED) is 0.152. The van der Waals surface area contributed by atoms with Crippen molar-refractivity contribution in [2.24, 2.45) is 0 Å². The normalized spacial score (nSPS) is 15.4. The Kier molecular flexibility index (Phi) is 6.24. The molecule has 0 radical (unpaired) electrons. The van der Waals surface area contributed by atoms with Crippen LogP contribution < -0.4 is 4.74 Å². The first kappa shape index (κ1) is 24.8. The van der Waals surface area contributed by atoms with Crippen LogP contribution in [0.15, 0.2) is 206 Å². The van der Waals surface area contributed by atoms with Crippen molar-refractivity contribution < 1.29 is 44.7 Å². The van der Waals surface area contributed by atoms with E-state index in [1.807, 2.05) is 118 Å². The van der Waals surface area contributed by atoms with Crippen molar-refractivity contribution >= 4 is 32.8 Å². The predicted octanol–water partition coefficient (Wildman–Crippen LogP) is 14.4. The molecule has 0 saturated heterocycles. The molecule has 0 aliphatic carbocycles. The second kappa shape index (κ2) is 15.6. The SMILES string of the molecule is [2H]c1cc([2H])c(-c2cccc(-c3c([2H])c([2H])c([2H])c([2H])c3[2H])c2-n2[c](=[Pt])n(-c3cccc(Oc4ccc5c6cc(-c7ccccc7)ccc6n(-c6cc(C([2H])([2H])[2H])c(C([2H])([2H])[2H])cn6)c5c4)c3)c3ccccc32)c([2H])c1[2H]. The first-order valence-corrected chi connectivity index (χ1v) is 20.7. The van der Waals surface area contributed by atoms with Gasteiger partial charge in [0.2, 0.25) is 0 Å². The van der Waals surface area contributed by atoms with Gasteiger partial charge in [-0.3, -0.25) is 0 Å². The summed E-state index contributed by atoms with van der Waals surface area (Å²) in [5.74, 6) is 1.01. The molecule has 0 N–H and O–H groups in total. The molecule has 11 rings (SSSR count). The molecule has 8 aromatic carbocycles. The van der Waals surface area contributed by atoms with Gasteiger partial charge in [-0.2, -0.15) is 0 Å². The van der Waals surface area contributed by atoms with Crippen molar-refractivity contribution in [3.63, 3.8) is 0 Å². The van der Waals surface area contributed by atoms with E-state index in [4.69, 9.17) is 25.3 Å². The summed E-state index contributed by atoms with van der Waals surface area (Å²) < 4.78 is 141. The number of aryl methyl sites for hydroxylation is 2. The van der Waals surface area contributed by atoms with Crippen LogP contribution in [-0.2, 0) is 19.4 Å². The minimum atomic E-state index is -2.77. The van der Waals surface area contributed by atoms with Crippen molar-refractivity contribution in [1.82, 2.24) is 18.7 Å². The van der Waals surface area contributed by atoms with Gasteiger partial charge in [0.05, 0.1) is 0 Å². The van der Waals surface area contributed by atoms with Gasteiger partial charge in [-0.1, -0.05) is 36.4 Å². The number of imidazole rings is 1. The van der Waals surface area contributed by atoms with E-state index in [1.165, 1.54) is 12.1 Å². The van der Waals surface area contributed by atoms with Crippen LogP contribution in [0.5, 0.6) is 11.5 Å². The molecule has 62 heavy (non-hydrogen) atoms. The Morgan fingerprint density at radius 1 is 0.500 bits per heavy atom. The molecule has 11 aromatic rings. The fraction of sp³-hybridized carbons (Fsp3) is 0.0357. The third-order valence-corrected chi connectivity index (χ3v) is 11.8. The van der Waals surface area contributed by atoms with Crippen LogP contribution in [0.25, 0.3) is 83.4 Å². The molecule has 5 nitrogen and oxygen atoms in total. The summed E-state index contributed by atoms with van der Waals surface area (Å²) in [7, 11) is 0. The van der Waals surface area contributed by atoms with Crippen LogP contribution in [-0.4, -0.2) is 18.7 Å². The van der Waals surface area contributed by atoms with Crippen molar-refractivity contribution in [2.45, 2.75) is 13.7 Å². The van der Waals surface area contributed by atoms with Crippen LogP contribution in [0, 0.1) is 17.5 Å². The van der Waals surface area contributed by atoms with Gasteiger partial charge in [0.15, 0.2) is 0 Å². The topological polar surface area (TPSA) is 36.9 Å². The zero-order valence-electron chi connectivity index (χ0n) is 47.4. The Morgan fingerprint density at radius 3 is 2.03 bits per heavy atom. The van der Waals surface area contributed by atoms with Crippen LogP contribution in [0.1, 0.15) is 31.7 Å². The Hall–Kier alpha value is -7.33. The number of benzene rings is 8. The summed E-state index contributed by atoms with van der Waals surface area (Å²) in [4.78, 5) is 4.57. The number of nitrogens with zero attached hydrogens (tertiary/aromatic N) is 4. The minimum absolute atomic E-state index is 0.0137. The second-order valence-corrected chi connectivity index (χ2v) is 15.5. The summed E-state index contributed by atoms with van der Waals surface area (Å²) in [6, 6.07) is 39.6. The molecular weight excluding hydrogens is 940 g/mol. The molecule has 3 aromatic heterocycles. The maximum absolute atomic E-state index is 9.08. The van der Waals surface area contributed by atoms with Gasteiger partial charge < -0.3 is 0 Å². The average Bonchev–Trinajstić information content (AvgIpc) is 4.12. The first-order valence-electron chi connectivity index (χ1n) is 27.0. The van der Waals surface area contributed by atoms with E-state index in [-0.39, 0.29) is 63.0 Å². The Labute approximate surface area is 391 Å². The fourth-order valence-electron chi connectivity index (χ4n) is 8.08. The summed E-state index contributed by atoms with van der Waals surface area (Å²) in [5.41, 5.74) is 5.04. The molecule has 0 unspecified atom stereocenters. The third kappa shape index (κ3) is 6.54. The van der Waals surface area contributed by atoms with Crippen molar-refractivity contribution in [2.75, 3.05) is 0 Å². The number of hydrogen-bond donors (Lipinski definition) is 0. The fourth-order valence-corrected chi connectivity index (χ4v) is 9.17. The molecule has 0 fully saturated rings. The second-order valence-electron chi connectivity index (χ2n) is 14.5. The number of pyridine rings is 1. The van der Waals surface area contributed by atoms with Gasteiger partial charge in [0.1, 0.15) is 0 Å². The van der Waals surface area contributed by atoms with Gasteiger partial charge in [-0.15, -0.1) is 0 Å². The Morgan fingerprint density at radius 2 is 1.23 bits per heavy atom. The van der Waals surface area contributed by atoms with E-state index in [0.29, 0.717) is 43.1 Å². The van der Waals surface area contributed by atoms with E-state index >= 15 is 0 Å². The van der Waals surface area contributed by atoms with Gasteiger partial charge in [0.25, 0.3) is 0 Å². The molecule has 0 aliphatic heterocycles. The molecule has 0 bridgehead atoms. The predicted molar refractivity (Wildman–Crippen MR) is 250 cm³/mol. The molecular formula is C56H40N4OPt. The molecule has 0 atom stereocenters. The van der Waals surface area contributed by atoms with Crippen LogP contribution in [0.3, 0.4) is 0 Å². The van der Waals surface area contributed by atoms with E-state index in [1.54, 1.807) is 28.8 Å². The summed E-state index contributed by atoms with van der Waals surface area (Å²) in [6.45, 7) is -5.50. The molecule has 0 amide bonds. The zero-order valence-corrected chi connectivity index (χ0v) is 34.7. The van der Waals surface area contributed by atoms with Crippen LogP contribution >= 0.6 is 0 Å². The van der Waals surface area contributed by atoms with Gasteiger partial charge in [0, 0.05) is 14.4 Å². The van der Waals surface area contributed by atoms with Crippen LogP contribution in [0.2, 0.25) is 0 Å². The number of aromatic nitrogens is 4. The van der Waals surface area contributed by atoms with E-state index < -0.39 is 50.0 Å². The maximum atomic E-state index is 9.08. The molecule has 0 aliphatic rings. The Balaban J connectivity index is 1.09. The molecule has 6 heteroatoms. The summed E-state index contributed by atoms with van der Waals surface area (Å²) >= 11 is 2.15. The first-order chi connectivity index (χ1) is 36.6. The number of para-hydroxylation sites is 3. The van der Waals surface area contributed by atoms with Gasteiger partial charge in [-0.05, 0) is 36.0 Å². The van der Waals surface area contributed by atoms with Crippen molar-refractivity contribution in [3.8, 4) is 62.1 Å². The number of ether oxygens (including phenoxy) is 1. The monoisotopic (exact) mass is 994 g/mol. The third-order valence-electron chi connectivity index (χ3n) is 10.8. The molecule has 300 valence electrons. The van der Waals surface area contributed by atoms with E-state index in [0.717, 1.165) is 28.1 Å². The molecule has 0 spiro atoms. The number of fused-ring (bicyclic) bond motifs is 4. The average molecular weight is 995 g/mol. The molecule has 3 heterocycles. The van der Waals surface area contributed by atoms with Crippen molar-refractivity contribution in [3.05, 3.63) is 221 Å². The summed E-state index contributed by atoms with van der Waals surface area (Å²) in [5, 5.41) is 1.62. The van der Waals surface area contributed by atoms with E-state index in [2.05, 4.69) is 24.3 Å². The zero-order chi connectivity index (χ0) is 54.6. The van der Waals surface area contributed by atoms with E-state index in [9.17, 15) is 0 Å². The van der Waals surface area contributed by atoms with Gasteiger partial charge >= 0.3 is 306 Å². The standard InChI is InChI=1S/C56H40N4O.Pt/c1-38-32-55(57-36-39(38)2)60-51-31-28-43(40-16-6-3-7-17-40)33-50(51)49-30-29-46(35-54(49)60)61-45-23-14-22-44(34-45)58-37-59(53-27-13-12-26-52(53)58)56-47(41-18-8-4-9-19-41)24-15-25-48(56)42-20-10-5-11-21-42;/h3-36H,1-2H3;/i1D3,2D3,4D,5D,8D,9D,10D,18D,19D,20D,21D;.